The highest BCUT2D eigenvalue weighted by Crippen LogP contribution is 2.35. The van der Waals surface area contributed by atoms with E-state index in [-0.39, 0.29) is 10.4 Å². The van der Waals surface area contributed by atoms with Crippen molar-refractivity contribution in [2.24, 2.45) is 7.05 Å². The van der Waals surface area contributed by atoms with Gasteiger partial charge in [0.2, 0.25) is 5.78 Å². The van der Waals surface area contributed by atoms with Crippen molar-refractivity contribution in [3.05, 3.63) is 33.1 Å². The van der Waals surface area contributed by atoms with Gasteiger partial charge in [-0.2, -0.15) is 0 Å². The topological polar surface area (TPSA) is 68.5 Å². The van der Waals surface area contributed by atoms with Crippen molar-refractivity contribution >= 4 is 51.5 Å². The van der Waals surface area contributed by atoms with Gasteiger partial charge < -0.3 is 14.4 Å². The summed E-state index contributed by atoms with van der Waals surface area (Å²) in [7, 11) is 2.88. The number of ketones is 1. The van der Waals surface area contributed by atoms with Gasteiger partial charge in [0, 0.05) is 18.5 Å². The van der Waals surface area contributed by atoms with Crippen molar-refractivity contribution in [2.75, 3.05) is 7.11 Å². The van der Waals surface area contributed by atoms with E-state index in [4.69, 9.17) is 39.5 Å². The van der Waals surface area contributed by atoms with Gasteiger partial charge in [-0.15, -0.1) is 0 Å². The summed E-state index contributed by atoms with van der Waals surface area (Å²) in [4.78, 5) is 22.7. The van der Waals surface area contributed by atoms with Crippen molar-refractivity contribution in [3.8, 4) is 11.5 Å². The number of aromatic nitrogens is 1. The molecule has 0 bridgehead atoms. The maximum Gasteiger partial charge on any atom is 0.265 e. The number of aromatic hydroxyl groups is 1. The van der Waals surface area contributed by atoms with Crippen LogP contribution in [0.1, 0.15) is 10.4 Å². The predicted molar refractivity (Wildman–Crippen MR) is 82.2 cm³/mol. The van der Waals surface area contributed by atoms with Crippen molar-refractivity contribution in [2.45, 2.75) is 4.84 Å². The number of carbonyl (C=O) groups is 1. The number of rotatable bonds is 3. The number of hydrogen-bond donors (Lipinski definition) is 1. The van der Waals surface area contributed by atoms with Gasteiger partial charge in [0.15, 0.2) is 4.84 Å². The lowest BCUT2D eigenvalue weighted by molar-refractivity contribution is 0.100. The molecule has 0 unspecified atom stereocenters. The van der Waals surface area contributed by atoms with Crippen LogP contribution in [0.5, 0.6) is 11.5 Å². The van der Waals surface area contributed by atoms with Crippen LogP contribution in [0.2, 0.25) is 5.02 Å². The number of halogens is 3. The first-order valence-electron chi connectivity index (χ1n) is 5.71. The molecule has 0 fully saturated rings. The average Bonchev–Trinajstić information content (AvgIpc) is 2.44. The molecule has 2 rings (SSSR count). The lowest BCUT2D eigenvalue weighted by atomic mass is 10.1. The highest BCUT2D eigenvalue weighted by molar-refractivity contribution is 6.55. The summed E-state index contributed by atoms with van der Waals surface area (Å²) >= 11 is 17.0. The molecule has 1 aromatic heterocycles. The number of ether oxygens (including phenoxy) is 1. The Bertz CT molecular complexity index is 798. The quantitative estimate of drug-likeness (QED) is 0.682. The third-order valence-electron chi connectivity index (χ3n) is 3.09. The van der Waals surface area contributed by atoms with E-state index in [1.807, 2.05) is 0 Å². The van der Waals surface area contributed by atoms with Crippen molar-refractivity contribution in [3.63, 3.8) is 0 Å². The second-order valence-electron chi connectivity index (χ2n) is 4.26. The summed E-state index contributed by atoms with van der Waals surface area (Å²) in [5.41, 5.74) is -0.821. The minimum absolute atomic E-state index is 0.222. The smallest absolute Gasteiger partial charge is 0.265 e. The Morgan fingerprint density at radius 1 is 1.38 bits per heavy atom. The Morgan fingerprint density at radius 2 is 2.00 bits per heavy atom. The minimum Gasteiger partial charge on any atom is -0.506 e. The zero-order valence-electron chi connectivity index (χ0n) is 11.0. The van der Waals surface area contributed by atoms with E-state index in [1.54, 1.807) is 0 Å². The molecule has 1 N–H and O–H groups in total. The van der Waals surface area contributed by atoms with Gasteiger partial charge >= 0.3 is 0 Å². The maximum absolute atomic E-state index is 12.2. The lowest BCUT2D eigenvalue weighted by Gasteiger charge is -2.13. The van der Waals surface area contributed by atoms with E-state index >= 15 is 0 Å². The zero-order valence-corrected chi connectivity index (χ0v) is 13.3. The molecular formula is C13H10Cl3NO4. The SMILES string of the molecule is COc1cc2c(cc1Cl)c(O)c(C(=O)C(Cl)Cl)c(=O)n2C. The number of hydrogen-bond acceptors (Lipinski definition) is 4. The van der Waals surface area contributed by atoms with Gasteiger partial charge in [-0.1, -0.05) is 34.8 Å². The molecule has 0 radical (unpaired) electrons. The monoisotopic (exact) mass is 349 g/mol. The van der Waals surface area contributed by atoms with Gasteiger partial charge in [0.25, 0.3) is 5.56 Å². The second-order valence-corrected chi connectivity index (χ2v) is 5.76. The van der Waals surface area contributed by atoms with Crippen LogP contribution >= 0.6 is 34.8 Å². The summed E-state index contributed by atoms with van der Waals surface area (Å²) in [6.45, 7) is 0. The minimum atomic E-state index is -1.45. The Hall–Kier alpha value is -1.43. The van der Waals surface area contributed by atoms with E-state index < -0.39 is 27.5 Å². The molecule has 112 valence electrons. The number of nitrogens with zero attached hydrogens (tertiary/aromatic N) is 1. The number of aryl methyl sites for hydroxylation is 1. The molecule has 1 aromatic carbocycles. The van der Waals surface area contributed by atoms with Crippen molar-refractivity contribution in [1.29, 1.82) is 0 Å². The largest absolute Gasteiger partial charge is 0.506 e. The molecular weight excluding hydrogens is 341 g/mol. The third kappa shape index (κ3) is 2.57. The van der Waals surface area contributed by atoms with Crippen LogP contribution in [-0.2, 0) is 7.05 Å². The molecule has 5 nitrogen and oxygen atoms in total. The van der Waals surface area contributed by atoms with Crippen LogP contribution in [0.3, 0.4) is 0 Å². The maximum atomic E-state index is 12.2. The number of pyridine rings is 1. The summed E-state index contributed by atoms with van der Waals surface area (Å²) < 4.78 is 6.26. The molecule has 0 amide bonds. The average molecular weight is 351 g/mol. The molecule has 0 aliphatic rings. The first-order valence-corrected chi connectivity index (χ1v) is 6.96. The van der Waals surface area contributed by atoms with Crippen molar-refractivity contribution in [1.82, 2.24) is 4.57 Å². The van der Waals surface area contributed by atoms with Crippen LogP contribution in [-0.4, -0.2) is 27.4 Å². The van der Waals surface area contributed by atoms with Gasteiger partial charge in [0.05, 0.1) is 17.6 Å². The highest BCUT2D eigenvalue weighted by Gasteiger charge is 2.25. The first-order chi connectivity index (χ1) is 9.79. The van der Waals surface area contributed by atoms with Gasteiger partial charge in [-0.05, 0) is 6.07 Å². The summed E-state index contributed by atoms with van der Waals surface area (Å²) in [5.74, 6) is -1.04. The number of carbonyl (C=O) groups excluding carboxylic acids is 1. The fourth-order valence-corrected chi connectivity index (χ4v) is 2.47. The fraction of sp³-hybridized carbons (Fsp3) is 0.231. The molecule has 0 aliphatic heterocycles. The normalized spacial score (nSPS) is 11.1. The number of alkyl halides is 2. The summed E-state index contributed by atoms with van der Waals surface area (Å²) in [6, 6.07) is 2.89. The third-order valence-corrected chi connectivity index (χ3v) is 3.78. The number of fused-ring (bicyclic) bond motifs is 1. The van der Waals surface area contributed by atoms with Crippen molar-refractivity contribution < 1.29 is 14.6 Å². The van der Waals surface area contributed by atoms with E-state index in [1.165, 1.54) is 30.9 Å². The Labute approximate surface area is 134 Å². The number of benzene rings is 1. The summed E-state index contributed by atoms with van der Waals surface area (Å²) in [5, 5.41) is 10.7. The Balaban J connectivity index is 2.94. The van der Waals surface area contributed by atoms with E-state index in [9.17, 15) is 14.7 Å². The van der Waals surface area contributed by atoms with E-state index in [0.717, 1.165) is 0 Å². The molecule has 21 heavy (non-hydrogen) atoms. The highest BCUT2D eigenvalue weighted by atomic mass is 35.5. The van der Waals surface area contributed by atoms with Gasteiger partial charge in [-0.3, -0.25) is 9.59 Å². The van der Waals surface area contributed by atoms with Crippen LogP contribution in [0.25, 0.3) is 10.9 Å². The van der Waals surface area contributed by atoms with Gasteiger partial charge in [-0.25, -0.2) is 0 Å². The van der Waals surface area contributed by atoms with E-state index in [0.29, 0.717) is 11.3 Å². The first kappa shape index (κ1) is 15.9. The molecule has 8 heteroatoms. The van der Waals surface area contributed by atoms with Crippen LogP contribution < -0.4 is 10.3 Å². The molecule has 0 saturated carbocycles. The zero-order chi connectivity index (χ0) is 15.9. The van der Waals surface area contributed by atoms with Gasteiger partial charge in [0.1, 0.15) is 17.1 Å². The number of Topliss-reactive ketones (excluding diaryl/α,β-unsaturated/α-hetero) is 1. The summed E-state index contributed by atoms with van der Waals surface area (Å²) in [6.07, 6.45) is 0. The molecule has 0 spiro atoms. The Kier molecular flexibility index (Phi) is 4.37. The van der Waals surface area contributed by atoms with Crippen LogP contribution in [0.4, 0.5) is 0 Å². The van der Waals surface area contributed by atoms with Crippen LogP contribution in [0.15, 0.2) is 16.9 Å². The fourth-order valence-electron chi connectivity index (χ4n) is 2.01. The van der Waals surface area contributed by atoms with E-state index in [2.05, 4.69) is 0 Å². The van der Waals surface area contributed by atoms with Crippen LogP contribution in [0, 0.1) is 0 Å². The lowest BCUT2D eigenvalue weighted by Crippen LogP contribution is -2.27. The molecule has 0 saturated heterocycles. The molecule has 0 aliphatic carbocycles. The molecule has 0 atom stereocenters. The number of methoxy groups -OCH3 is 1. The Morgan fingerprint density at radius 3 is 2.52 bits per heavy atom. The molecule has 2 aromatic rings. The molecule has 1 heterocycles. The predicted octanol–water partition coefficient (Wildman–Crippen LogP) is 2.89. The standard InChI is InChI=1S/C13H10Cl3NO4/c1-17-7-4-8(21-2)6(14)3-5(7)10(18)9(13(17)20)11(19)12(15)16/h3-4,12,18H,1-2H3. The second kappa shape index (κ2) is 5.75.